The van der Waals surface area contributed by atoms with Crippen molar-refractivity contribution in [2.45, 2.75) is 32.0 Å². The first kappa shape index (κ1) is 19.0. The van der Waals surface area contributed by atoms with Gasteiger partial charge in [-0.15, -0.1) is 11.3 Å². The summed E-state index contributed by atoms with van der Waals surface area (Å²) in [5.74, 6) is -0.0565. The standard InChI is InChI=1S/C16H19N3O2S.CH2O2/c1-10-15(22-9-19-10)12-4-2-11(3-5-12)7-18-16(21)14-6-13(20)8-17-14;2-1-3/h2-5,9,13-14,17,20H,6-8H2,1H3,(H,18,21);1H,(H,2,3). The Labute approximate surface area is 149 Å². The van der Waals surface area contributed by atoms with Crippen molar-refractivity contribution >= 4 is 23.7 Å². The van der Waals surface area contributed by atoms with Crippen LogP contribution in [0.3, 0.4) is 0 Å². The minimum atomic E-state index is -0.419. The number of amides is 1. The molecule has 0 aliphatic carbocycles. The highest BCUT2D eigenvalue weighted by molar-refractivity contribution is 7.13. The predicted molar refractivity (Wildman–Crippen MR) is 95.2 cm³/mol. The van der Waals surface area contributed by atoms with E-state index in [1.54, 1.807) is 11.3 Å². The van der Waals surface area contributed by atoms with E-state index in [0.717, 1.165) is 16.8 Å². The molecule has 1 fully saturated rings. The van der Waals surface area contributed by atoms with Crippen molar-refractivity contribution in [2.75, 3.05) is 6.54 Å². The minimum absolute atomic E-state index is 0.0565. The van der Waals surface area contributed by atoms with Gasteiger partial charge in [-0.1, -0.05) is 24.3 Å². The van der Waals surface area contributed by atoms with E-state index in [0.29, 0.717) is 19.5 Å². The average molecular weight is 363 g/mol. The molecule has 1 aliphatic rings. The first-order chi connectivity index (χ1) is 12.0. The number of aromatic nitrogens is 1. The molecular formula is C17H21N3O4S. The fourth-order valence-electron chi connectivity index (χ4n) is 2.58. The Hall–Kier alpha value is -2.29. The maximum Gasteiger partial charge on any atom is 0.290 e. The number of β-amino-alcohol motifs (C(OH)–C–C–N with tert-alkyl or cyclic N) is 1. The van der Waals surface area contributed by atoms with Gasteiger partial charge in [0, 0.05) is 13.1 Å². The monoisotopic (exact) mass is 363 g/mol. The van der Waals surface area contributed by atoms with Gasteiger partial charge in [0.15, 0.2) is 0 Å². The highest BCUT2D eigenvalue weighted by Crippen LogP contribution is 2.27. The van der Waals surface area contributed by atoms with Crippen LogP contribution in [0.15, 0.2) is 29.8 Å². The van der Waals surface area contributed by atoms with E-state index in [4.69, 9.17) is 9.90 Å². The van der Waals surface area contributed by atoms with Gasteiger partial charge in [0.05, 0.1) is 28.2 Å². The fraction of sp³-hybridized carbons (Fsp3) is 0.353. The number of carbonyl (C=O) groups excluding carboxylic acids is 1. The van der Waals surface area contributed by atoms with Crippen LogP contribution < -0.4 is 10.6 Å². The number of aliphatic hydroxyl groups excluding tert-OH is 1. The van der Waals surface area contributed by atoms with E-state index in [9.17, 15) is 9.90 Å². The Morgan fingerprint density at radius 3 is 2.64 bits per heavy atom. The molecule has 1 aromatic carbocycles. The van der Waals surface area contributed by atoms with Gasteiger partial charge >= 0.3 is 0 Å². The van der Waals surface area contributed by atoms with Crippen LogP contribution in [-0.2, 0) is 16.1 Å². The lowest BCUT2D eigenvalue weighted by Crippen LogP contribution is -2.39. The van der Waals surface area contributed by atoms with Gasteiger partial charge in [-0.25, -0.2) is 4.98 Å². The van der Waals surface area contributed by atoms with Crippen molar-refractivity contribution < 1.29 is 19.8 Å². The zero-order valence-corrected chi connectivity index (χ0v) is 14.6. The summed E-state index contributed by atoms with van der Waals surface area (Å²) < 4.78 is 0. The van der Waals surface area contributed by atoms with E-state index in [2.05, 4.69) is 27.8 Å². The third-order valence-electron chi connectivity index (χ3n) is 3.85. The van der Waals surface area contributed by atoms with Crippen molar-refractivity contribution in [3.63, 3.8) is 0 Å². The third kappa shape index (κ3) is 5.35. The molecule has 1 saturated heterocycles. The number of rotatable bonds is 4. The summed E-state index contributed by atoms with van der Waals surface area (Å²) >= 11 is 1.63. The zero-order chi connectivity index (χ0) is 18.2. The lowest BCUT2D eigenvalue weighted by atomic mass is 10.1. The lowest BCUT2D eigenvalue weighted by molar-refractivity contribution is -0.123. The highest BCUT2D eigenvalue weighted by Gasteiger charge is 2.27. The second-order valence-corrected chi connectivity index (χ2v) is 6.49. The van der Waals surface area contributed by atoms with E-state index in [-0.39, 0.29) is 18.4 Å². The molecule has 2 atom stereocenters. The minimum Gasteiger partial charge on any atom is -0.483 e. The number of carboxylic acid groups (broad SMARTS) is 1. The third-order valence-corrected chi connectivity index (χ3v) is 4.83. The summed E-state index contributed by atoms with van der Waals surface area (Å²) in [6, 6.07) is 7.87. The molecule has 0 saturated carbocycles. The van der Waals surface area contributed by atoms with E-state index >= 15 is 0 Å². The molecular weight excluding hydrogens is 342 g/mol. The molecule has 0 spiro atoms. The Kier molecular flexibility index (Phi) is 7.05. The quantitative estimate of drug-likeness (QED) is 0.607. The lowest BCUT2D eigenvalue weighted by Gasteiger charge is -2.11. The van der Waals surface area contributed by atoms with Crippen molar-refractivity contribution in [1.82, 2.24) is 15.6 Å². The molecule has 0 bridgehead atoms. The maximum atomic E-state index is 12.0. The Balaban J connectivity index is 0.000000701. The summed E-state index contributed by atoms with van der Waals surface area (Å²) in [4.78, 5) is 25.8. The summed E-state index contributed by atoms with van der Waals surface area (Å²) in [5, 5.41) is 22.2. The maximum absolute atomic E-state index is 12.0. The normalized spacial score (nSPS) is 19.0. The molecule has 2 unspecified atom stereocenters. The van der Waals surface area contributed by atoms with Crippen LogP contribution in [0.5, 0.6) is 0 Å². The van der Waals surface area contributed by atoms with Crippen LogP contribution in [0.2, 0.25) is 0 Å². The van der Waals surface area contributed by atoms with E-state index in [1.165, 1.54) is 4.88 Å². The van der Waals surface area contributed by atoms with Crippen molar-refractivity contribution in [3.8, 4) is 10.4 Å². The first-order valence-corrected chi connectivity index (χ1v) is 8.69. The van der Waals surface area contributed by atoms with Gasteiger partial charge in [0.25, 0.3) is 6.47 Å². The van der Waals surface area contributed by atoms with Gasteiger partial charge in [0.1, 0.15) is 0 Å². The molecule has 1 aromatic heterocycles. The number of aryl methyl sites for hydroxylation is 1. The van der Waals surface area contributed by atoms with Gasteiger partial charge in [0.2, 0.25) is 5.91 Å². The molecule has 1 aliphatic heterocycles. The zero-order valence-electron chi connectivity index (χ0n) is 13.8. The fourth-order valence-corrected chi connectivity index (χ4v) is 3.39. The molecule has 2 heterocycles. The SMILES string of the molecule is Cc1ncsc1-c1ccc(CNC(=O)C2CC(O)CN2)cc1.O=CO. The van der Waals surface area contributed by atoms with Gasteiger partial charge in [-0.05, 0) is 24.5 Å². The molecule has 0 radical (unpaired) electrons. The van der Waals surface area contributed by atoms with Crippen LogP contribution in [0.1, 0.15) is 17.7 Å². The molecule has 1 amide bonds. The van der Waals surface area contributed by atoms with Gasteiger partial charge in [-0.3, -0.25) is 9.59 Å². The van der Waals surface area contributed by atoms with Crippen molar-refractivity contribution in [2.24, 2.45) is 0 Å². The molecule has 7 nitrogen and oxygen atoms in total. The van der Waals surface area contributed by atoms with Crippen LogP contribution >= 0.6 is 11.3 Å². The van der Waals surface area contributed by atoms with E-state index < -0.39 is 6.10 Å². The average Bonchev–Trinajstić information content (AvgIpc) is 3.22. The number of hydrogen-bond donors (Lipinski definition) is 4. The largest absolute Gasteiger partial charge is 0.483 e. The number of aliphatic hydroxyl groups is 1. The Morgan fingerprint density at radius 1 is 1.44 bits per heavy atom. The summed E-state index contributed by atoms with van der Waals surface area (Å²) in [6.45, 7) is 2.74. The van der Waals surface area contributed by atoms with Crippen LogP contribution in [0, 0.1) is 6.92 Å². The summed E-state index contributed by atoms with van der Waals surface area (Å²) in [7, 11) is 0. The van der Waals surface area contributed by atoms with Crippen molar-refractivity contribution in [3.05, 3.63) is 41.0 Å². The van der Waals surface area contributed by atoms with E-state index in [1.807, 2.05) is 24.6 Å². The molecule has 3 rings (SSSR count). The number of hydrogen-bond acceptors (Lipinski definition) is 6. The van der Waals surface area contributed by atoms with Gasteiger partial charge in [-0.2, -0.15) is 0 Å². The van der Waals surface area contributed by atoms with Crippen LogP contribution in [0.4, 0.5) is 0 Å². The molecule has 2 aromatic rings. The number of benzene rings is 1. The number of nitrogens with one attached hydrogen (secondary N) is 2. The number of carbonyl (C=O) groups is 2. The van der Waals surface area contributed by atoms with Gasteiger partial charge < -0.3 is 20.8 Å². The van der Waals surface area contributed by atoms with Crippen LogP contribution in [0.25, 0.3) is 10.4 Å². The highest BCUT2D eigenvalue weighted by atomic mass is 32.1. The molecule has 25 heavy (non-hydrogen) atoms. The second-order valence-electron chi connectivity index (χ2n) is 5.64. The van der Waals surface area contributed by atoms with Crippen LogP contribution in [-0.4, -0.2) is 46.3 Å². The molecule has 8 heteroatoms. The summed E-state index contributed by atoms with van der Waals surface area (Å²) in [6.07, 6.45) is 0.0628. The predicted octanol–water partition coefficient (Wildman–Crippen LogP) is 1.16. The summed E-state index contributed by atoms with van der Waals surface area (Å²) in [5.41, 5.74) is 5.09. The first-order valence-electron chi connectivity index (χ1n) is 7.81. The second kappa shape index (κ2) is 9.26. The topological polar surface area (TPSA) is 112 Å². The Bertz CT molecular complexity index is 702. The number of thiazole rings is 1. The van der Waals surface area contributed by atoms with Crippen molar-refractivity contribution in [1.29, 1.82) is 0 Å². The molecule has 134 valence electrons. The number of nitrogens with zero attached hydrogens (tertiary/aromatic N) is 1. The Morgan fingerprint density at radius 2 is 2.12 bits per heavy atom. The smallest absolute Gasteiger partial charge is 0.290 e. The molecule has 4 N–H and O–H groups in total.